The van der Waals surface area contributed by atoms with Crippen molar-refractivity contribution in [2.45, 2.75) is 18.6 Å². The molecule has 1 fully saturated rings. The first-order chi connectivity index (χ1) is 11.8. The van der Waals surface area contributed by atoms with Crippen LogP contribution in [-0.2, 0) is 4.79 Å². The van der Waals surface area contributed by atoms with Crippen molar-refractivity contribution in [3.05, 3.63) is 29.6 Å². The highest BCUT2D eigenvalue weighted by molar-refractivity contribution is 5.97. The maximum absolute atomic E-state index is 13.4. The Morgan fingerprint density at radius 1 is 1.44 bits per heavy atom. The van der Waals surface area contributed by atoms with Gasteiger partial charge in [-0.05, 0) is 24.6 Å². The van der Waals surface area contributed by atoms with Crippen molar-refractivity contribution >= 4 is 11.8 Å². The molecule has 0 saturated carbocycles. The molecule has 0 aliphatic carbocycles. The maximum atomic E-state index is 13.4. The molecule has 2 rings (SSSR count). The van der Waals surface area contributed by atoms with E-state index in [0.29, 0.717) is 13.0 Å². The lowest BCUT2D eigenvalue weighted by Gasteiger charge is -2.36. The van der Waals surface area contributed by atoms with E-state index < -0.39 is 23.9 Å². The Labute approximate surface area is 146 Å². The zero-order valence-electron chi connectivity index (χ0n) is 14.7. The van der Waals surface area contributed by atoms with Crippen molar-refractivity contribution in [1.82, 2.24) is 15.1 Å². The van der Waals surface area contributed by atoms with Crippen LogP contribution in [0.4, 0.5) is 4.39 Å². The number of hydrogen-bond acceptors (Lipinski definition) is 5. The molecule has 1 saturated heterocycles. The van der Waals surface area contributed by atoms with E-state index in [9.17, 15) is 19.1 Å². The fraction of sp³-hybridized carbons (Fsp3) is 0.529. The Morgan fingerprint density at radius 2 is 2.16 bits per heavy atom. The number of rotatable bonds is 5. The van der Waals surface area contributed by atoms with Gasteiger partial charge in [-0.3, -0.25) is 14.5 Å². The smallest absolute Gasteiger partial charge is 0.255 e. The predicted molar refractivity (Wildman–Crippen MR) is 90.0 cm³/mol. The van der Waals surface area contributed by atoms with Crippen LogP contribution in [0, 0.1) is 5.82 Å². The Hall–Kier alpha value is -2.19. The lowest BCUT2D eigenvalue weighted by Crippen LogP contribution is -2.55. The lowest BCUT2D eigenvalue weighted by molar-refractivity contribution is -0.130. The first-order valence-corrected chi connectivity index (χ1v) is 8.06. The van der Waals surface area contributed by atoms with Gasteiger partial charge in [-0.25, -0.2) is 4.39 Å². The molecule has 0 spiro atoms. The number of halogens is 1. The molecule has 138 valence electrons. The van der Waals surface area contributed by atoms with E-state index in [2.05, 4.69) is 5.32 Å². The number of hydrogen-bond donors (Lipinski definition) is 2. The quantitative estimate of drug-likeness (QED) is 0.784. The largest absolute Gasteiger partial charge is 0.496 e. The van der Waals surface area contributed by atoms with Crippen LogP contribution in [-0.4, -0.2) is 79.7 Å². The minimum absolute atomic E-state index is 0.0424. The molecule has 1 aliphatic rings. The van der Waals surface area contributed by atoms with Crippen LogP contribution < -0.4 is 10.1 Å². The lowest BCUT2D eigenvalue weighted by atomic mass is 10.0. The van der Waals surface area contributed by atoms with Crippen LogP contribution in [0.3, 0.4) is 0 Å². The van der Waals surface area contributed by atoms with Crippen LogP contribution in [0.2, 0.25) is 0 Å². The summed E-state index contributed by atoms with van der Waals surface area (Å²) in [5.41, 5.74) is 0.0833. The molecule has 1 aromatic carbocycles. The SMILES string of the molecule is COc1ccc(F)cc1C(=O)N[C@@H]1CCN(CC(=O)N(C)C)C[C@H]1O. The summed E-state index contributed by atoms with van der Waals surface area (Å²) in [5, 5.41) is 13.0. The summed E-state index contributed by atoms with van der Waals surface area (Å²) in [6.07, 6.45) is -0.321. The van der Waals surface area contributed by atoms with Crippen LogP contribution in [0.5, 0.6) is 5.75 Å². The molecule has 1 aromatic rings. The summed E-state index contributed by atoms with van der Waals surface area (Å²) in [4.78, 5) is 27.5. The normalized spacial score (nSPS) is 20.8. The van der Waals surface area contributed by atoms with E-state index in [1.54, 1.807) is 14.1 Å². The van der Waals surface area contributed by atoms with Gasteiger partial charge in [-0.15, -0.1) is 0 Å². The van der Waals surface area contributed by atoms with Gasteiger partial charge in [0, 0.05) is 27.2 Å². The molecule has 25 heavy (non-hydrogen) atoms. The summed E-state index contributed by atoms with van der Waals surface area (Å²) in [7, 11) is 4.76. The first kappa shape index (κ1) is 19.1. The molecule has 8 heteroatoms. The molecule has 2 amide bonds. The molecule has 0 bridgehead atoms. The first-order valence-electron chi connectivity index (χ1n) is 8.06. The number of carbonyl (C=O) groups excluding carboxylic acids is 2. The number of nitrogens with one attached hydrogen (secondary N) is 1. The second-order valence-corrected chi connectivity index (χ2v) is 6.30. The topological polar surface area (TPSA) is 82.1 Å². The van der Waals surface area contributed by atoms with Crippen molar-refractivity contribution in [3.8, 4) is 5.75 Å². The van der Waals surface area contributed by atoms with Gasteiger partial charge in [0.25, 0.3) is 5.91 Å². The molecular weight excluding hydrogens is 329 g/mol. The minimum Gasteiger partial charge on any atom is -0.496 e. The van der Waals surface area contributed by atoms with Gasteiger partial charge >= 0.3 is 0 Å². The predicted octanol–water partition coefficient (Wildman–Crippen LogP) is 0.0875. The fourth-order valence-electron chi connectivity index (χ4n) is 2.75. The number of piperidine rings is 1. The van der Waals surface area contributed by atoms with Crippen molar-refractivity contribution in [2.24, 2.45) is 0 Å². The number of benzene rings is 1. The molecular formula is C17H24FN3O4. The number of amides is 2. The highest BCUT2D eigenvalue weighted by Gasteiger charge is 2.30. The van der Waals surface area contributed by atoms with Gasteiger partial charge in [-0.1, -0.05) is 0 Å². The van der Waals surface area contributed by atoms with E-state index in [-0.39, 0.29) is 30.3 Å². The monoisotopic (exact) mass is 353 g/mol. The molecule has 1 heterocycles. The third kappa shape index (κ3) is 4.90. The number of aliphatic hydroxyl groups excluding tert-OH is 1. The number of nitrogens with zero attached hydrogens (tertiary/aromatic N) is 2. The molecule has 2 N–H and O–H groups in total. The van der Waals surface area contributed by atoms with Gasteiger partial charge in [-0.2, -0.15) is 0 Å². The van der Waals surface area contributed by atoms with Crippen LogP contribution in [0.1, 0.15) is 16.8 Å². The zero-order valence-corrected chi connectivity index (χ0v) is 14.7. The van der Waals surface area contributed by atoms with Crippen molar-refractivity contribution < 1.29 is 23.8 Å². The zero-order chi connectivity index (χ0) is 18.6. The summed E-state index contributed by atoms with van der Waals surface area (Å²) in [6.45, 7) is 1.08. The number of methoxy groups -OCH3 is 1. The summed E-state index contributed by atoms with van der Waals surface area (Å²) in [5.74, 6) is -0.816. The van der Waals surface area contributed by atoms with Crippen molar-refractivity contribution in [2.75, 3.05) is 40.8 Å². The molecule has 0 unspecified atom stereocenters. The third-order valence-electron chi connectivity index (χ3n) is 4.25. The highest BCUT2D eigenvalue weighted by atomic mass is 19.1. The Balaban J connectivity index is 1.97. The molecule has 7 nitrogen and oxygen atoms in total. The van der Waals surface area contributed by atoms with Gasteiger partial charge in [0.2, 0.25) is 5.91 Å². The fourth-order valence-corrected chi connectivity index (χ4v) is 2.75. The van der Waals surface area contributed by atoms with Crippen LogP contribution in [0.25, 0.3) is 0 Å². The van der Waals surface area contributed by atoms with E-state index in [1.165, 1.54) is 24.1 Å². The van der Waals surface area contributed by atoms with Gasteiger partial charge in [0.1, 0.15) is 11.6 Å². The van der Waals surface area contributed by atoms with Gasteiger partial charge in [0.05, 0.1) is 31.4 Å². The number of likely N-dealkylation sites (N-methyl/N-ethyl adjacent to an activating group) is 1. The molecule has 2 atom stereocenters. The minimum atomic E-state index is -0.813. The number of β-amino-alcohol motifs (C(OH)–C–C–N with tert-alkyl or cyclic N) is 1. The summed E-state index contributed by atoms with van der Waals surface area (Å²) in [6, 6.07) is 3.23. The van der Waals surface area contributed by atoms with Crippen LogP contribution >= 0.6 is 0 Å². The average Bonchev–Trinajstić information content (AvgIpc) is 2.57. The Bertz CT molecular complexity index is 638. The average molecular weight is 353 g/mol. The standard InChI is InChI=1S/C17H24FN3O4/c1-20(2)16(23)10-21-7-6-13(14(22)9-21)19-17(24)12-8-11(18)4-5-15(12)25-3/h4-5,8,13-14,22H,6-7,9-10H2,1-3H3,(H,19,24)/t13-,14-/m1/s1. The van der Waals surface area contributed by atoms with Crippen LogP contribution in [0.15, 0.2) is 18.2 Å². The summed E-state index contributed by atoms with van der Waals surface area (Å²) >= 11 is 0. The summed E-state index contributed by atoms with van der Waals surface area (Å²) < 4.78 is 18.5. The molecule has 0 aromatic heterocycles. The Morgan fingerprint density at radius 3 is 2.76 bits per heavy atom. The number of likely N-dealkylation sites (tertiary alicyclic amines) is 1. The molecule has 1 aliphatic heterocycles. The number of aliphatic hydroxyl groups is 1. The van der Waals surface area contributed by atoms with E-state index in [4.69, 9.17) is 4.74 Å². The third-order valence-corrected chi connectivity index (χ3v) is 4.25. The van der Waals surface area contributed by atoms with Crippen molar-refractivity contribution in [3.63, 3.8) is 0 Å². The van der Waals surface area contributed by atoms with Gasteiger partial charge < -0.3 is 20.1 Å². The maximum Gasteiger partial charge on any atom is 0.255 e. The Kier molecular flexibility index (Phi) is 6.33. The molecule has 0 radical (unpaired) electrons. The van der Waals surface area contributed by atoms with E-state index in [1.807, 2.05) is 4.90 Å². The van der Waals surface area contributed by atoms with E-state index in [0.717, 1.165) is 6.07 Å². The van der Waals surface area contributed by atoms with E-state index >= 15 is 0 Å². The highest BCUT2D eigenvalue weighted by Crippen LogP contribution is 2.20. The van der Waals surface area contributed by atoms with Crippen molar-refractivity contribution in [1.29, 1.82) is 0 Å². The second kappa shape index (κ2) is 8.26. The number of ether oxygens (including phenoxy) is 1. The second-order valence-electron chi connectivity index (χ2n) is 6.30. The van der Waals surface area contributed by atoms with Gasteiger partial charge in [0.15, 0.2) is 0 Å². The number of carbonyl (C=O) groups is 2.